The summed E-state index contributed by atoms with van der Waals surface area (Å²) in [6, 6.07) is 4.30. The van der Waals surface area contributed by atoms with Gasteiger partial charge in [-0.25, -0.2) is 4.98 Å². The minimum atomic E-state index is 0.911. The molecule has 0 aliphatic carbocycles. The summed E-state index contributed by atoms with van der Waals surface area (Å²) in [5.74, 6) is 1.09. The van der Waals surface area contributed by atoms with Gasteiger partial charge in [-0.1, -0.05) is 13.0 Å². The first-order valence-electron chi connectivity index (χ1n) is 6.15. The van der Waals surface area contributed by atoms with E-state index in [1.807, 2.05) is 0 Å². The summed E-state index contributed by atoms with van der Waals surface area (Å²) in [6.45, 7) is 12.4. The minimum absolute atomic E-state index is 0.911. The number of anilines is 1. The van der Waals surface area contributed by atoms with Crippen molar-refractivity contribution < 1.29 is 0 Å². The second-order valence-corrected chi connectivity index (χ2v) is 3.87. The highest BCUT2D eigenvalue weighted by atomic mass is 15.2. The van der Waals surface area contributed by atoms with Gasteiger partial charge >= 0.3 is 0 Å². The van der Waals surface area contributed by atoms with E-state index in [-0.39, 0.29) is 0 Å². The monoisotopic (exact) mass is 221 g/mol. The normalized spacial score (nSPS) is 10.5. The molecule has 0 bridgehead atoms. The molecule has 1 aromatic rings. The standard InChI is InChI=1S/C13H23N3/c1-5-14-10-12-8-9-13(15-11(12)4)16(6-2)7-3/h8-9,14H,5-7,10H2,1-4H3. The molecule has 0 atom stereocenters. The van der Waals surface area contributed by atoms with Crippen LogP contribution in [0.5, 0.6) is 0 Å². The van der Waals surface area contributed by atoms with Crippen LogP contribution in [-0.2, 0) is 6.54 Å². The Hall–Kier alpha value is -1.09. The van der Waals surface area contributed by atoms with E-state index in [9.17, 15) is 0 Å². The predicted octanol–water partition coefficient (Wildman–Crippen LogP) is 2.35. The van der Waals surface area contributed by atoms with E-state index in [1.54, 1.807) is 0 Å². The van der Waals surface area contributed by atoms with Crippen molar-refractivity contribution in [3.8, 4) is 0 Å². The fourth-order valence-corrected chi connectivity index (χ4v) is 1.75. The highest BCUT2D eigenvalue weighted by Gasteiger charge is 2.05. The van der Waals surface area contributed by atoms with Crippen LogP contribution in [0.15, 0.2) is 12.1 Å². The maximum Gasteiger partial charge on any atom is 0.128 e. The van der Waals surface area contributed by atoms with Gasteiger partial charge in [-0.05, 0) is 38.9 Å². The maximum absolute atomic E-state index is 4.65. The van der Waals surface area contributed by atoms with Crippen LogP contribution in [0, 0.1) is 6.92 Å². The zero-order valence-electron chi connectivity index (χ0n) is 10.9. The number of aryl methyl sites for hydroxylation is 1. The summed E-state index contributed by atoms with van der Waals surface area (Å²) in [7, 11) is 0. The second kappa shape index (κ2) is 6.48. The van der Waals surface area contributed by atoms with E-state index in [4.69, 9.17) is 0 Å². The fraction of sp³-hybridized carbons (Fsp3) is 0.615. The summed E-state index contributed by atoms with van der Waals surface area (Å²) < 4.78 is 0. The molecule has 1 N–H and O–H groups in total. The Morgan fingerprint density at radius 3 is 2.38 bits per heavy atom. The van der Waals surface area contributed by atoms with Crippen LogP contribution in [0.25, 0.3) is 0 Å². The van der Waals surface area contributed by atoms with Crippen molar-refractivity contribution in [2.45, 2.75) is 34.2 Å². The van der Waals surface area contributed by atoms with Gasteiger partial charge in [0, 0.05) is 25.3 Å². The Balaban J connectivity index is 2.81. The van der Waals surface area contributed by atoms with E-state index in [0.29, 0.717) is 0 Å². The lowest BCUT2D eigenvalue weighted by Gasteiger charge is -2.20. The van der Waals surface area contributed by atoms with Crippen molar-refractivity contribution in [3.05, 3.63) is 23.4 Å². The summed E-state index contributed by atoms with van der Waals surface area (Å²) in [4.78, 5) is 6.92. The summed E-state index contributed by atoms with van der Waals surface area (Å²) in [6.07, 6.45) is 0. The van der Waals surface area contributed by atoms with E-state index in [0.717, 1.165) is 37.7 Å². The highest BCUT2D eigenvalue weighted by Crippen LogP contribution is 2.14. The first-order valence-corrected chi connectivity index (χ1v) is 6.15. The quantitative estimate of drug-likeness (QED) is 0.799. The van der Waals surface area contributed by atoms with E-state index >= 15 is 0 Å². The average molecular weight is 221 g/mol. The third-order valence-corrected chi connectivity index (χ3v) is 2.83. The Bertz CT molecular complexity index is 319. The molecular weight excluding hydrogens is 198 g/mol. The first-order chi connectivity index (χ1) is 7.72. The molecule has 1 aromatic heterocycles. The van der Waals surface area contributed by atoms with Gasteiger partial charge in [0.15, 0.2) is 0 Å². The predicted molar refractivity (Wildman–Crippen MR) is 69.9 cm³/mol. The number of hydrogen-bond acceptors (Lipinski definition) is 3. The van der Waals surface area contributed by atoms with Crippen molar-refractivity contribution >= 4 is 5.82 Å². The Morgan fingerprint density at radius 1 is 1.19 bits per heavy atom. The highest BCUT2D eigenvalue weighted by molar-refractivity contribution is 5.41. The molecule has 0 fully saturated rings. The molecule has 3 heteroatoms. The number of hydrogen-bond donors (Lipinski definition) is 1. The molecule has 1 heterocycles. The van der Waals surface area contributed by atoms with Gasteiger partial charge in [-0.3, -0.25) is 0 Å². The summed E-state index contributed by atoms with van der Waals surface area (Å²) in [5, 5.41) is 3.33. The molecule has 90 valence electrons. The molecule has 0 amide bonds. The largest absolute Gasteiger partial charge is 0.357 e. The molecule has 3 nitrogen and oxygen atoms in total. The average Bonchev–Trinajstić information content (AvgIpc) is 2.29. The van der Waals surface area contributed by atoms with E-state index < -0.39 is 0 Å². The molecule has 0 aliphatic rings. The summed E-state index contributed by atoms with van der Waals surface area (Å²) >= 11 is 0. The third-order valence-electron chi connectivity index (χ3n) is 2.83. The Labute approximate surface area is 98.9 Å². The van der Waals surface area contributed by atoms with Crippen LogP contribution in [0.1, 0.15) is 32.0 Å². The first kappa shape index (κ1) is 13.0. The minimum Gasteiger partial charge on any atom is -0.357 e. The maximum atomic E-state index is 4.65. The van der Waals surface area contributed by atoms with Gasteiger partial charge in [0.05, 0.1) is 0 Å². The fourth-order valence-electron chi connectivity index (χ4n) is 1.75. The van der Waals surface area contributed by atoms with Crippen molar-refractivity contribution in [3.63, 3.8) is 0 Å². The smallest absolute Gasteiger partial charge is 0.128 e. The molecule has 0 saturated heterocycles. The van der Waals surface area contributed by atoms with Gasteiger partial charge in [0.25, 0.3) is 0 Å². The lowest BCUT2D eigenvalue weighted by Crippen LogP contribution is -2.23. The second-order valence-electron chi connectivity index (χ2n) is 3.87. The number of aromatic nitrogens is 1. The molecule has 0 aromatic carbocycles. The molecule has 0 aliphatic heterocycles. The SMILES string of the molecule is CCNCc1ccc(N(CC)CC)nc1C. The zero-order valence-corrected chi connectivity index (χ0v) is 10.9. The van der Waals surface area contributed by atoms with Crippen LogP contribution in [0.3, 0.4) is 0 Å². The van der Waals surface area contributed by atoms with Gasteiger partial charge in [-0.2, -0.15) is 0 Å². The molecular formula is C13H23N3. The van der Waals surface area contributed by atoms with Gasteiger partial charge in [-0.15, -0.1) is 0 Å². The van der Waals surface area contributed by atoms with Crippen LogP contribution < -0.4 is 10.2 Å². The lowest BCUT2D eigenvalue weighted by molar-refractivity contribution is 0.718. The molecule has 0 radical (unpaired) electrons. The molecule has 1 rings (SSSR count). The van der Waals surface area contributed by atoms with Gasteiger partial charge < -0.3 is 10.2 Å². The number of pyridine rings is 1. The Morgan fingerprint density at radius 2 is 1.88 bits per heavy atom. The van der Waals surface area contributed by atoms with Crippen molar-refractivity contribution in [1.29, 1.82) is 0 Å². The lowest BCUT2D eigenvalue weighted by atomic mass is 10.2. The topological polar surface area (TPSA) is 28.2 Å². The number of rotatable bonds is 6. The van der Waals surface area contributed by atoms with Crippen molar-refractivity contribution in [2.75, 3.05) is 24.5 Å². The third kappa shape index (κ3) is 3.20. The van der Waals surface area contributed by atoms with Crippen LogP contribution in [0.4, 0.5) is 5.82 Å². The number of nitrogens with zero attached hydrogens (tertiary/aromatic N) is 2. The molecule has 0 unspecified atom stereocenters. The Kier molecular flexibility index (Phi) is 5.26. The van der Waals surface area contributed by atoms with Crippen molar-refractivity contribution in [2.24, 2.45) is 0 Å². The van der Waals surface area contributed by atoms with Gasteiger partial charge in [0.2, 0.25) is 0 Å². The van der Waals surface area contributed by atoms with E-state index in [1.165, 1.54) is 5.56 Å². The molecule has 0 spiro atoms. The van der Waals surface area contributed by atoms with Crippen LogP contribution in [0.2, 0.25) is 0 Å². The molecule has 16 heavy (non-hydrogen) atoms. The van der Waals surface area contributed by atoms with Crippen LogP contribution in [-0.4, -0.2) is 24.6 Å². The van der Waals surface area contributed by atoms with Crippen LogP contribution >= 0.6 is 0 Å². The zero-order chi connectivity index (χ0) is 12.0. The van der Waals surface area contributed by atoms with Crippen molar-refractivity contribution in [1.82, 2.24) is 10.3 Å². The molecule has 0 saturated carbocycles. The number of nitrogens with one attached hydrogen (secondary N) is 1. The summed E-state index contributed by atoms with van der Waals surface area (Å²) in [5.41, 5.74) is 2.42. The van der Waals surface area contributed by atoms with Gasteiger partial charge in [0.1, 0.15) is 5.82 Å². The van der Waals surface area contributed by atoms with E-state index in [2.05, 4.69) is 55.0 Å².